The maximum Gasteiger partial charge on any atom is 0.251 e. The first-order valence-corrected chi connectivity index (χ1v) is 10.8. The van der Waals surface area contributed by atoms with Crippen molar-refractivity contribution in [1.82, 2.24) is 21.1 Å². The van der Waals surface area contributed by atoms with Crippen LogP contribution in [-0.4, -0.2) is 30.1 Å². The molecular formula is C23H35N5O2. The van der Waals surface area contributed by atoms with Crippen molar-refractivity contribution < 1.29 is 9.32 Å². The number of carbonyl (C=O) groups excluding carboxylic acids is 1. The summed E-state index contributed by atoms with van der Waals surface area (Å²) in [6.07, 6.45) is 3.02. The predicted octanol–water partition coefficient (Wildman–Crippen LogP) is 3.97. The Morgan fingerprint density at radius 1 is 1.07 bits per heavy atom. The van der Waals surface area contributed by atoms with Gasteiger partial charge in [0.05, 0.1) is 12.2 Å². The Balaban J connectivity index is 1.83. The molecule has 0 bridgehead atoms. The number of hydrogen-bond donors (Lipinski definition) is 3. The van der Waals surface area contributed by atoms with Crippen molar-refractivity contribution in [2.45, 2.75) is 72.0 Å². The van der Waals surface area contributed by atoms with Gasteiger partial charge in [-0.2, -0.15) is 0 Å². The number of carbonyl (C=O) groups is 1. The van der Waals surface area contributed by atoms with Gasteiger partial charge in [0.1, 0.15) is 0 Å². The molecule has 0 saturated heterocycles. The van der Waals surface area contributed by atoms with Gasteiger partial charge in [-0.3, -0.25) is 9.79 Å². The van der Waals surface area contributed by atoms with Gasteiger partial charge in [-0.05, 0) is 43.9 Å². The molecule has 1 aromatic heterocycles. The number of hydrogen-bond acceptors (Lipinski definition) is 4. The summed E-state index contributed by atoms with van der Waals surface area (Å²) in [6.45, 7) is 9.49. The van der Waals surface area contributed by atoms with Crippen molar-refractivity contribution in [2.75, 3.05) is 7.05 Å². The van der Waals surface area contributed by atoms with Gasteiger partial charge in [0.25, 0.3) is 5.91 Å². The second-order valence-electron chi connectivity index (χ2n) is 7.49. The fraction of sp³-hybridized carbons (Fsp3) is 0.522. The maximum atomic E-state index is 12.2. The van der Waals surface area contributed by atoms with E-state index in [0.29, 0.717) is 30.5 Å². The van der Waals surface area contributed by atoms with Crippen molar-refractivity contribution in [3.8, 4) is 0 Å². The molecule has 2 aromatic rings. The molecule has 0 saturated carbocycles. The van der Waals surface area contributed by atoms with Crippen molar-refractivity contribution >= 4 is 11.9 Å². The number of benzene rings is 1. The molecule has 1 heterocycles. The van der Waals surface area contributed by atoms with E-state index < -0.39 is 0 Å². The molecule has 7 nitrogen and oxygen atoms in total. The van der Waals surface area contributed by atoms with E-state index in [1.165, 1.54) is 0 Å². The Morgan fingerprint density at radius 3 is 2.33 bits per heavy atom. The van der Waals surface area contributed by atoms with E-state index in [-0.39, 0.29) is 11.9 Å². The molecule has 1 aromatic carbocycles. The molecule has 1 amide bonds. The SMILES string of the molecule is CCC(C)NC(=O)c1ccc(CNC(=NC)NCc2cc(C(CC)CC)no2)cc1. The Kier molecular flexibility index (Phi) is 9.38. The van der Waals surface area contributed by atoms with Crippen molar-refractivity contribution in [1.29, 1.82) is 0 Å². The number of nitrogens with one attached hydrogen (secondary N) is 3. The lowest BCUT2D eigenvalue weighted by Crippen LogP contribution is -2.36. The molecule has 0 fully saturated rings. The van der Waals surface area contributed by atoms with Gasteiger partial charge < -0.3 is 20.5 Å². The van der Waals surface area contributed by atoms with Crippen LogP contribution in [0.15, 0.2) is 39.8 Å². The second-order valence-corrected chi connectivity index (χ2v) is 7.49. The molecule has 0 aliphatic carbocycles. The first kappa shape index (κ1) is 23.4. The number of aromatic nitrogens is 1. The normalized spacial score (nSPS) is 12.7. The standard InChI is InChI=1S/C23H35N5O2/c1-6-16(4)27-22(29)19-11-9-17(10-12-19)14-25-23(24-5)26-15-20-13-21(28-30-20)18(7-2)8-3/h9-13,16,18H,6-8,14-15H2,1-5H3,(H,27,29)(H2,24,25,26). The topological polar surface area (TPSA) is 91.5 Å². The van der Waals surface area contributed by atoms with Crippen molar-refractivity contribution in [3.63, 3.8) is 0 Å². The molecule has 3 N–H and O–H groups in total. The Morgan fingerprint density at radius 2 is 1.73 bits per heavy atom. The molecule has 30 heavy (non-hydrogen) atoms. The van der Waals surface area contributed by atoms with Gasteiger partial charge in [-0.15, -0.1) is 0 Å². The van der Waals surface area contributed by atoms with E-state index in [1.807, 2.05) is 37.3 Å². The summed E-state index contributed by atoms with van der Waals surface area (Å²) in [5.74, 6) is 1.86. The van der Waals surface area contributed by atoms with E-state index in [4.69, 9.17) is 4.52 Å². The molecule has 0 aliphatic rings. The third kappa shape index (κ3) is 6.90. The average Bonchev–Trinajstić information content (AvgIpc) is 3.23. The molecule has 1 atom stereocenters. The lowest BCUT2D eigenvalue weighted by molar-refractivity contribution is 0.0939. The van der Waals surface area contributed by atoms with Gasteiger partial charge >= 0.3 is 0 Å². The summed E-state index contributed by atoms with van der Waals surface area (Å²) in [5, 5.41) is 13.7. The zero-order chi connectivity index (χ0) is 21.9. The van der Waals surface area contributed by atoms with E-state index in [1.54, 1.807) is 7.05 Å². The third-order valence-corrected chi connectivity index (χ3v) is 5.30. The van der Waals surface area contributed by atoms with Crippen LogP contribution in [0.25, 0.3) is 0 Å². The van der Waals surface area contributed by atoms with Crippen LogP contribution in [0.4, 0.5) is 0 Å². The lowest BCUT2D eigenvalue weighted by atomic mass is 9.99. The Labute approximate surface area is 179 Å². The number of guanidine groups is 1. The monoisotopic (exact) mass is 413 g/mol. The predicted molar refractivity (Wildman–Crippen MR) is 121 cm³/mol. The first-order chi connectivity index (χ1) is 14.5. The van der Waals surface area contributed by atoms with Crippen LogP contribution in [0.1, 0.15) is 80.3 Å². The minimum absolute atomic E-state index is 0.0406. The number of aliphatic imine (C=N–C) groups is 1. The highest BCUT2D eigenvalue weighted by atomic mass is 16.5. The Bertz CT molecular complexity index is 809. The minimum Gasteiger partial charge on any atom is -0.359 e. The summed E-state index contributed by atoms with van der Waals surface area (Å²) >= 11 is 0. The molecule has 7 heteroatoms. The third-order valence-electron chi connectivity index (χ3n) is 5.30. The molecule has 0 aliphatic heterocycles. The first-order valence-electron chi connectivity index (χ1n) is 10.8. The largest absolute Gasteiger partial charge is 0.359 e. The molecule has 1 unspecified atom stereocenters. The maximum absolute atomic E-state index is 12.2. The molecule has 0 spiro atoms. The number of amides is 1. The zero-order valence-corrected chi connectivity index (χ0v) is 18.8. The summed E-state index contributed by atoms with van der Waals surface area (Å²) in [4.78, 5) is 16.4. The van der Waals surface area contributed by atoms with Crippen LogP contribution >= 0.6 is 0 Å². The fourth-order valence-corrected chi connectivity index (χ4v) is 3.07. The summed E-state index contributed by atoms with van der Waals surface area (Å²) < 4.78 is 5.44. The van der Waals surface area contributed by atoms with Gasteiger partial charge in [-0.25, -0.2) is 0 Å². The summed E-state index contributed by atoms with van der Waals surface area (Å²) in [7, 11) is 1.73. The molecule has 2 rings (SSSR count). The fourth-order valence-electron chi connectivity index (χ4n) is 3.07. The molecular weight excluding hydrogens is 378 g/mol. The van der Waals surface area contributed by atoms with Crippen LogP contribution in [0.2, 0.25) is 0 Å². The van der Waals surface area contributed by atoms with Crippen molar-refractivity contribution in [3.05, 3.63) is 52.9 Å². The van der Waals surface area contributed by atoms with Crippen LogP contribution in [0, 0.1) is 0 Å². The van der Waals surface area contributed by atoms with Gasteiger partial charge in [-0.1, -0.05) is 38.1 Å². The lowest BCUT2D eigenvalue weighted by Gasteiger charge is -2.13. The highest BCUT2D eigenvalue weighted by Gasteiger charge is 2.13. The van der Waals surface area contributed by atoms with Crippen LogP contribution in [0.3, 0.4) is 0 Å². The van der Waals surface area contributed by atoms with E-state index in [0.717, 1.165) is 36.3 Å². The zero-order valence-electron chi connectivity index (χ0n) is 18.8. The van der Waals surface area contributed by atoms with Gasteiger partial charge in [0.2, 0.25) is 0 Å². The van der Waals surface area contributed by atoms with Crippen molar-refractivity contribution in [2.24, 2.45) is 4.99 Å². The minimum atomic E-state index is -0.0406. The number of rotatable bonds is 10. The van der Waals surface area contributed by atoms with Crippen LogP contribution < -0.4 is 16.0 Å². The smallest absolute Gasteiger partial charge is 0.251 e. The van der Waals surface area contributed by atoms with E-state index in [2.05, 4.69) is 46.9 Å². The van der Waals surface area contributed by atoms with Gasteiger partial charge in [0.15, 0.2) is 11.7 Å². The quantitative estimate of drug-likeness (QED) is 0.405. The van der Waals surface area contributed by atoms with Crippen LogP contribution in [-0.2, 0) is 13.1 Å². The Hall–Kier alpha value is -2.83. The second kappa shape index (κ2) is 12.0. The van der Waals surface area contributed by atoms with E-state index in [9.17, 15) is 4.79 Å². The average molecular weight is 414 g/mol. The van der Waals surface area contributed by atoms with Gasteiger partial charge in [0, 0.05) is 37.2 Å². The highest BCUT2D eigenvalue weighted by Crippen LogP contribution is 2.22. The molecule has 164 valence electrons. The van der Waals surface area contributed by atoms with E-state index >= 15 is 0 Å². The summed E-state index contributed by atoms with van der Waals surface area (Å²) in [5.41, 5.74) is 2.74. The summed E-state index contributed by atoms with van der Waals surface area (Å²) in [6, 6.07) is 9.77. The molecule has 0 radical (unpaired) electrons. The van der Waals surface area contributed by atoms with Crippen LogP contribution in [0.5, 0.6) is 0 Å². The number of nitrogens with zero attached hydrogens (tertiary/aromatic N) is 2. The highest BCUT2D eigenvalue weighted by molar-refractivity contribution is 5.94.